The van der Waals surface area contributed by atoms with Crippen molar-refractivity contribution in [1.82, 2.24) is 0 Å². The van der Waals surface area contributed by atoms with E-state index in [1.54, 1.807) is 18.2 Å². The number of hydrogen-bond acceptors (Lipinski definition) is 5. The van der Waals surface area contributed by atoms with Gasteiger partial charge in [0, 0.05) is 29.9 Å². The Bertz CT molecular complexity index is 917. The van der Waals surface area contributed by atoms with Crippen LogP contribution in [0.1, 0.15) is 32.8 Å². The number of benzene rings is 2. The summed E-state index contributed by atoms with van der Waals surface area (Å²) in [6.45, 7) is 5.70. The molecule has 1 aliphatic heterocycles. The molecule has 0 spiro atoms. The van der Waals surface area contributed by atoms with E-state index in [1.165, 1.54) is 5.56 Å². The van der Waals surface area contributed by atoms with Crippen LogP contribution in [0.5, 0.6) is 5.75 Å². The first-order valence-corrected chi connectivity index (χ1v) is 9.81. The standard InChI is InChI=1S/C24H27NO4/c1-5-21(29-18-11-7-6-8-12-18)23(27)28-16-17(26)15-22-24(2,3)19-13-9-10-14-20(19)25(22)4/h6-15,21H,5,16H2,1-4H3/b22-15+/t21-/m0/s1. The summed E-state index contributed by atoms with van der Waals surface area (Å²) in [5, 5.41) is 0. The lowest BCUT2D eigenvalue weighted by molar-refractivity contribution is -0.154. The van der Waals surface area contributed by atoms with Crippen LogP contribution in [-0.4, -0.2) is 31.5 Å². The minimum absolute atomic E-state index is 0.254. The van der Waals surface area contributed by atoms with Crippen LogP contribution in [0.3, 0.4) is 0 Å². The third kappa shape index (κ3) is 4.34. The van der Waals surface area contributed by atoms with Crippen molar-refractivity contribution in [2.24, 2.45) is 0 Å². The van der Waals surface area contributed by atoms with Crippen LogP contribution in [-0.2, 0) is 19.7 Å². The average molecular weight is 393 g/mol. The van der Waals surface area contributed by atoms with Crippen LogP contribution in [0.25, 0.3) is 0 Å². The minimum atomic E-state index is -0.743. The number of ether oxygens (including phenoxy) is 2. The molecule has 29 heavy (non-hydrogen) atoms. The van der Waals surface area contributed by atoms with Gasteiger partial charge in [0.2, 0.25) is 0 Å². The third-order valence-corrected chi connectivity index (χ3v) is 5.25. The largest absolute Gasteiger partial charge is 0.479 e. The summed E-state index contributed by atoms with van der Waals surface area (Å²) in [5.74, 6) is -0.196. The second-order valence-corrected chi connectivity index (χ2v) is 7.63. The van der Waals surface area contributed by atoms with Gasteiger partial charge in [-0.3, -0.25) is 4.79 Å². The number of likely N-dealkylation sites (N-methyl/N-ethyl adjacent to an activating group) is 1. The Morgan fingerprint density at radius 3 is 2.38 bits per heavy atom. The lowest BCUT2D eigenvalue weighted by Gasteiger charge is -2.24. The molecular weight excluding hydrogens is 366 g/mol. The quantitative estimate of drug-likeness (QED) is 0.519. The van der Waals surface area contributed by atoms with Gasteiger partial charge in [-0.2, -0.15) is 0 Å². The van der Waals surface area contributed by atoms with Crippen molar-refractivity contribution in [1.29, 1.82) is 0 Å². The smallest absolute Gasteiger partial charge is 0.347 e. The molecule has 0 aromatic heterocycles. The molecule has 0 fully saturated rings. The molecule has 0 N–H and O–H groups in total. The maximum Gasteiger partial charge on any atom is 0.347 e. The van der Waals surface area contributed by atoms with Gasteiger partial charge in [0.15, 0.2) is 18.5 Å². The molecule has 0 saturated heterocycles. The van der Waals surface area contributed by atoms with Crippen molar-refractivity contribution < 1.29 is 19.1 Å². The molecule has 1 atom stereocenters. The van der Waals surface area contributed by atoms with E-state index in [1.807, 2.05) is 55.3 Å². The van der Waals surface area contributed by atoms with Crippen molar-refractivity contribution >= 4 is 17.4 Å². The summed E-state index contributed by atoms with van der Waals surface area (Å²) in [7, 11) is 1.94. The van der Waals surface area contributed by atoms with E-state index in [0.29, 0.717) is 12.2 Å². The van der Waals surface area contributed by atoms with Crippen molar-refractivity contribution in [3.05, 3.63) is 71.9 Å². The van der Waals surface area contributed by atoms with E-state index in [2.05, 4.69) is 19.9 Å². The molecule has 0 unspecified atom stereocenters. The lowest BCUT2D eigenvalue weighted by atomic mass is 9.83. The van der Waals surface area contributed by atoms with E-state index < -0.39 is 12.1 Å². The molecule has 0 saturated carbocycles. The fourth-order valence-corrected chi connectivity index (χ4v) is 3.65. The first-order chi connectivity index (χ1) is 13.8. The van der Waals surface area contributed by atoms with Gasteiger partial charge in [0.25, 0.3) is 0 Å². The highest BCUT2D eigenvalue weighted by atomic mass is 16.6. The Morgan fingerprint density at radius 2 is 1.72 bits per heavy atom. The zero-order valence-corrected chi connectivity index (χ0v) is 17.3. The normalized spacial score (nSPS) is 17.0. The maximum absolute atomic E-state index is 12.5. The number of fused-ring (bicyclic) bond motifs is 1. The topological polar surface area (TPSA) is 55.8 Å². The maximum atomic E-state index is 12.5. The highest BCUT2D eigenvalue weighted by Crippen LogP contribution is 2.46. The SMILES string of the molecule is CC[C@H](Oc1ccccc1)C(=O)OCC(=O)/C=C1/N(C)c2ccccc2C1(C)C. The number of hydrogen-bond donors (Lipinski definition) is 0. The van der Waals surface area contributed by atoms with Crippen molar-refractivity contribution in [2.45, 2.75) is 38.7 Å². The summed E-state index contributed by atoms with van der Waals surface area (Å²) in [4.78, 5) is 26.9. The molecule has 0 bridgehead atoms. The fourth-order valence-electron chi connectivity index (χ4n) is 3.65. The number of nitrogens with zero attached hydrogens (tertiary/aromatic N) is 1. The Kier molecular flexibility index (Phi) is 6.06. The number of para-hydroxylation sites is 2. The van der Waals surface area contributed by atoms with Gasteiger partial charge in [-0.15, -0.1) is 0 Å². The molecule has 2 aromatic carbocycles. The lowest BCUT2D eigenvalue weighted by Crippen LogP contribution is -2.30. The molecule has 0 aliphatic carbocycles. The second-order valence-electron chi connectivity index (χ2n) is 7.63. The molecule has 3 rings (SSSR count). The predicted octanol–water partition coefficient (Wildman–Crippen LogP) is 4.27. The van der Waals surface area contributed by atoms with Crippen LogP contribution in [0.2, 0.25) is 0 Å². The van der Waals surface area contributed by atoms with Gasteiger partial charge in [-0.25, -0.2) is 4.79 Å². The van der Waals surface area contributed by atoms with Crippen LogP contribution in [0.4, 0.5) is 5.69 Å². The Hall–Kier alpha value is -3.08. The zero-order chi connectivity index (χ0) is 21.0. The summed E-state index contributed by atoms with van der Waals surface area (Å²) in [5.41, 5.74) is 2.83. The number of carbonyl (C=O) groups excluding carboxylic acids is 2. The first-order valence-electron chi connectivity index (χ1n) is 9.81. The number of ketones is 1. The van der Waals surface area contributed by atoms with E-state index >= 15 is 0 Å². The average Bonchev–Trinajstić information content (AvgIpc) is 2.92. The van der Waals surface area contributed by atoms with E-state index in [9.17, 15) is 9.59 Å². The van der Waals surface area contributed by atoms with Gasteiger partial charge in [-0.1, -0.05) is 57.2 Å². The van der Waals surface area contributed by atoms with Gasteiger partial charge in [-0.05, 0) is 30.2 Å². The van der Waals surface area contributed by atoms with Crippen LogP contribution >= 0.6 is 0 Å². The Morgan fingerprint density at radius 1 is 1.07 bits per heavy atom. The second kappa shape index (κ2) is 8.52. The van der Waals surface area contributed by atoms with Crippen molar-refractivity contribution in [2.75, 3.05) is 18.6 Å². The molecule has 0 radical (unpaired) electrons. The van der Waals surface area contributed by atoms with E-state index in [-0.39, 0.29) is 17.8 Å². The van der Waals surface area contributed by atoms with Gasteiger partial charge in [0.05, 0.1) is 0 Å². The monoisotopic (exact) mass is 393 g/mol. The highest BCUT2D eigenvalue weighted by molar-refractivity contribution is 5.94. The molecule has 1 aliphatic rings. The number of allylic oxidation sites excluding steroid dienone is 1. The molecule has 5 heteroatoms. The molecular formula is C24H27NO4. The van der Waals surface area contributed by atoms with Gasteiger partial charge in [0.1, 0.15) is 5.75 Å². The first kappa shape index (κ1) is 20.6. The Balaban J connectivity index is 1.64. The molecule has 2 aromatic rings. The zero-order valence-electron chi connectivity index (χ0n) is 17.3. The van der Waals surface area contributed by atoms with Gasteiger partial charge < -0.3 is 14.4 Å². The van der Waals surface area contributed by atoms with Crippen molar-refractivity contribution in [3.63, 3.8) is 0 Å². The number of rotatable bonds is 7. The van der Waals surface area contributed by atoms with Gasteiger partial charge >= 0.3 is 5.97 Å². The summed E-state index contributed by atoms with van der Waals surface area (Å²) in [6, 6.07) is 17.2. The summed E-state index contributed by atoms with van der Waals surface area (Å²) >= 11 is 0. The third-order valence-electron chi connectivity index (χ3n) is 5.25. The van der Waals surface area contributed by atoms with E-state index in [0.717, 1.165) is 11.4 Å². The number of anilines is 1. The minimum Gasteiger partial charge on any atom is -0.479 e. The number of esters is 1. The van der Waals surface area contributed by atoms with E-state index in [4.69, 9.17) is 9.47 Å². The van der Waals surface area contributed by atoms with Crippen LogP contribution in [0.15, 0.2) is 66.4 Å². The van der Waals surface area contributed by atoms with Crippen LogP contribution < -0.4 is 9.64 Å². The van der Waals surface area contributed by atoms with Crippen LogP contribution in [0, 0.1) is 0 Å². The number of carbonyl (C=O) groups is 2. The molecule has 1 heterocycles. The predicted molar refractivity (Wildman–Crippen MR) is 113 cm³/mol. The summed E-state index contributed by atoms with van der Waals surface area (Å²) < 4.78 is 10.9. The highest BCUT2D eigenvalue weighted by Gasteiger charge is 2.38. The van der Waals surface area contributed by atoms with Crippen molar-refractivity contribution in [3.8, 4) is 5.75 Å². The molecule has 152 valence electrons. The molecule has 5 nitrogen and oxygen atoms in total. The Labute approximate surface area is 171 Å². The summed E-state index contributed by atoms with van der Waals surface area (Å²) in [6.07, 6.45) is 1.29. The fraction of sp³-hybridized carbons (Fsp3) is 0.333. The molecule has 0 amide bonds.